The first-order chi connectivity index (χ1) is 14.2. The third kappa shape index (κ3) is 3.34. The molecule has 1 aliphatic heterocycles. The first kappa shape index (κ1) is 18.1. The smallest absolute Gasteiger partial charge is 0.284 e. The van der Waals surface area contributed by atoms with Gasteiger partial charge in [0.15, 0.2) is 23.1 Å². The van der Waals surface area contributed by atoms with E-state index in [9.17, 15) is 9.30 Å². The zero-order chi connectivity index (χ0) is 19.8. The maximum Gasteiger partial charge on any atom is 0.284 e. The number of rotatable bonds is 4. The van der Waals surface area contributed by atoms with Crippen LogP contribution in [0.25, 0.3) is 17.2 Å². The lowest BCUT2D eigenvalue weighted by molar-refractivity contribution is -0.500. The summed E-state index contributed by atoms with van der Waals surface area (Å²) >= 11 is 0. The largest absolute Gasteiger partial charge is 0.365 e. The van der Waals surface area contributed by atoms with Crippen molar-refractivity contribution in [1.29, 1.82) is 0 Å². The van der Waals surface area contributed by atoms with Crippen LogP contribution >= 0.6 is 0 Å². The van der Waals surface area contributed by atoms with Gasteiger partial charge in [-0.1, -0.05) is 0 Å². The van der Waals surface area contributed by atoms with Crippen molar-refractivity contribution in [2.24, 2.45) is 5.18 Å². The second-order valence-electron chi connectivity index (χ2n) is 7.32. The normalized spacial score (nSPS) is 19.1. The molecule has 0 aromatic carbocycles. The van der Waals surface area contributed by atoms with Crippen LogP contribution in [-0.2, 0) is 9.47 Å². The number of nitroso groups, excluding NO2 is 1. The minimum absolute atomic E-state index is 0.116. The molecular formula is C19H20FN6O3+. The van der Waals surface area contributed by atoms with E-state index in [1.54, 1.807) is 16.7 Å². The second kappa shape index (κ2) is 7.12. The maximum absolute atomic E-state index is 13.7. The lowest BCUT2D eigenvalue weighted by Gasteiger charge is -2.35. The summed E-state index contributed by atoms with van der Waals surface area (Å²) in [6.45, 7) is 1.27. The lowest BCUT2D eigenvalue weighted by atomic mass is 9.90. The molecule has 9 nitrogen and oxygen atoms in total. The van der Waals surface area contributed by atoms with E-state index < -0.39 is 5.79 Å². The molecule has 2 N–H and O–H groups in total. The Bertz CT molecular complexity index is 1060. The summed E-state index contributed by atoms with van der Waals surface area (Å²) in [6, 6.07) is 3.12. The van der Waals surface area contributed by atoms with Gasteiger partial charge in [-0.3, -0.25) is 0 Å². The van der Waals surface area contributed by atoms with Crippen molar-refractivity contribution in [3.05, 3.63) is 41.4 Å². The quantitative estimate of drug-likeness (QED) is 0.516. The standard InChI is InChI=1S/C19H19FN6O3/c20-12-1-2-16-21-10-15(26(16)11-12)18-22-9-14(25-27)17(24-18)23-13-3-5-19(6-4-13)28-7-8-29-19/h1-2,9-11,13H,3-8H2,(H,22,23,24,27)/p+1. The fourth-order valence-electron chi connectivity index (χ4n) is 4.03. The summed E-state index contributed by atoms with van der Waals surface area (Å²) in [7, 11) is 0. The molecular weight excluding hydrogens is 379 g/mol. The van der Waals surface area contributed by atoms with Gasteiger partial charge >= 0.3 is 0 Å². The maximum atomic E-state index is 13.7. The fourth-order valence-corrected chi connectivity index (χ4v) is 4.03. The number of nitrogens with zero attached hydrogens (tertiary/aromatic N) is 4. The van der Waals surface area contributed by atoms with Crippen molar-refractivity contribution in [3.63, 3.8) is 0 Å². The van der Waals surface area contributed by atoms with E-state index >= 15 is 0 Å². The van der Waals surface area contributed by atoms with E-state index in [1.807, 2.05) is 0 Å². The molecule has 10 heteroatoms. The molecule has 3 aromatic rings. The number of pyridine rings is 1. The van der Waals surface area contributed by atoms with Crippen molar-refractivity contribution >= 4 is 17.2 Å². The Kier molecular flexibility index (Phi) is 4.44. The van der Waals surface area contributed by atoms with Crippen LogP contribution in [0, 0.1) is 10.7 Å². The summed E-state index contributed by atoms with van der Waals surface area (Å²) in [5.74, 6) is -0.103. The minimum Gasteiger partial charge on any atom is -0.365 e. The SMILES string of the molecule is O=Nc1cnc(-c2c[nH]c3ccc(F)c[n+]23)nc1NC1CCC2(CC1)OCCO2. The van der Waals surface area contributed by atoms with Gasteiger partial charge in [-0.05, 0) is 24.1 Å². The third-order valence-electron chi connectivity index (χ3n) is 5.53. The number of halogens is 1. The van der Waals surface area contributed by atoms with Crippen molar-refractivity contribution < 1.29 is 18.3 Å². The predicted octanol–water partition coefficient (Wildman–Crippen LogP) is 2.85. The summed E-state index contributed by atoms with van der Waals surface area (Å²) in [5.41, 5.74) is 1.42. The van der Waals surface area contributed by atoms with Crippen LogP contribution in [-0.4, -0.2) is 40.0 Å². The molecule has 0 atom stereocenters. The number of hydrogen-bond acceptors (Lipinski definition) is 7. The monoisotopic (exact) mass is 399 g/mol. The zero-order valence-corrected chi connectivity index (χ0v) is 15.6. The highest BCUT2D eigenvalue weighted by Crippen LogP contribution is 2.37. The minimum atomic E-state index is -0.453. The fraction of sp³-hybridized carbons (Fsp3) is 0.421. The van der Waals surface area contributed by atoms with E-state index in [2.05, 4.69) is 25.4 Å². The zero-order valence-electron chi connectivity index (χ0n) is 15.6. The highest BCUT2D eigenvalue weighted by molar-refractivity contribution is 5.63. The number of aromatic amines is 1. The van der Waals surface area contributed by atoms with Crippen LogP contribution in [0.1, 0.15) is 25.7 Å². The molecule has 4 heterocycles. The van der Waals surface area contributed by atoms with Crippen LogP contribution in [0.4, 0.5) is 15.9 Å². The van der Waals surface area contributed by atoms with Gasteiger partial charge in [-0.25, -0.2) is 19.3 Å². The van der Waals surface area contributed by atoms with Crippen LogP contribution in [0.5, 0.6) is 0 Å². The Labute approximate surface area is 165 Å². The molecule has 150 valence electrons. The Balaban J connectivity index is 1.41. The molecule has 0 bridgehead atoms. The average Bonchev–Trinajstić information content (AvgIpc) is 3.37. The first-order valence-electron chi connectivity index (χ1n) is 9.59. The van der Waals surface area contributed by atoms with E-state index in [4.69, 9.17) is 9.47 Å². The molecule has 1 aliphatic carbocycles. The van der Waals surface area contributed by atoms with Gasteiger partial charge in [-0.2, -0.15) is 4.40 Å². The number of nitrogens with one attached hydrogen (secondary N) is 2. The Morgan fingerprint density at radius 1 is 1.28 bits per heavy atom. The van der Waals surface area contributed by atoms with Gasteiger partial charge in [0.05, 0.1) is 19.4 Å². The molecule has 1 saturated heterocycles. The molecule has 1 spiro atoms. The summed E-state index contributed by atoms with van der Waals surface area (Å²) in [6.07, 6.45) is 7.64. The van der Waals surface area contributed by atoms with Crippen LogP contribution in [0.15, 0.2) is 35.9 Å². The molecule has 1 saturated carbocycles. The van der Waals surface area contributed by atoms with Gasteiger partial charge < -0.3 is 14.8 Å². The number of ether oxygens (including phenoxy) is 2. The van der Waals surface area contributed by atoms with E-state index in [-0.39, 0.29) is 17.5 Å². The summed E-state index contributed by atoms with van der Waals surface area (Å²) < 4.78 is 26.8. The Hall–Kier alpha value is -2.98. The highest BCUT2D eigenvalue weighted by Gasteiger charge is 2.40. The van der Waals surface area contributed by atoms with Gasteiger partial charge in [0.1, 0.15) is 12.4 Å². The first-order valence-corrected chi connectivity index (χ1v) is 9.59. The van der Waals surface area contributed by atoms with Gasteiger partial charge in [-0.15, -0.1) is 4.91 Å². The van der Waals surface area contributed by atoms with Gasteiger partial charge in [0.25, 0.3) is 5.65 Å². The topological polar surface area (TPSA) is 106 Å². The van der Waals surface area contributed by atoms with Crippen LogP contribution in [0.2, 0.25) is 0 Å². The lowest BCUT2D eigenvalue weighted by Crippen LogP contribution is -2.39. The number of hydrogen-bond donors (Lipinski definition) is 2. The van der Waals surface area contributed by atoms with Crippen molar-refractivity contribution in [2.75, 3.05) is 18.5 Å². The molecule has 0 radical (unpaired) electrons. The van der Waals surface area contributed by atoms with Crippen molar-refractivity contribution in [1.82, 2.24) is 15.0 Å². The van der Waals surface area contributed by atoms with Crippen LogP contribution in [0.3, 0.4) is 0 Å². The van der Waals surface area contributed by atoms with E-state index in [0.29, 0.717) is 36.2 Å². The number of fused-ring (bicyclic) bond motifs is 1. The van der Waals surface area contributed by atoms with E-state index in [1.165, 1.54) is 18.5 Å². The molecule has 3 aromatic heterocycles. The number of imidazole rings is 1. The van der Waals surface area contributed by atoms with Gasteiger partial charge in [0, 0.05) is 24.9 Å². The number of anilines is 1. The summed E-state index contributed by atoms with van der Waals surface area (Å²) in [5, 5.41) is 6.36. The van der Waals surface area contributed by atoms with E-state index in [0.717, 1.165) is 25.7 Å². The highest BCUT2D eigenvalue weighted by atomic mass is 19.1. The van der Waals surface area contributed by atoms with Crippen molar-refractivity contribution in [3.8, 4) is 11.5 Å². The Morgan fingerprint density at radius 3 is 2.83 bits per heavy atom. The average molecular weight is 399 g/mol. The molecule has 0 unspecified atom stereocenters. The molecule has 0 amide bonds. The summed E-state index contributed by atoms with van der Waals surface area (Å²) in [4.78, 5) is 23.1. The second-order valence-corrected chi connectivity index (χ2v) is 7.32. The molecule has 29 heavy (non-hydrogen) atoms. The van der Waals surface area contributed by atoms with Gasteiger partial charge in [0.2, 0.25) is 11.5 Å². The molecule has 5 rings (SSSR count). The molecule has 2 fully saturated rings. The van der Waals surface area contributed by atoms with Crippen LogP contribution < -0.4 is 9.72 Å². The number of aromatic nitrogens is 4. The number of H-pyrrole nitrogens is 1. The van der Waals surface area contributed by atoms with Crippen molar-refractivity contribution in [2.45, 2.75) is 37.5 Å². The molecule has 2 aliphatic rings. The predicted molar refractivity (Wildman–Crippen MR) is 101 cm³/mol. The Morgan fingerprint density at radius 2 is 2.07 bits per heavy atom. The third-order valence-corrected chi connectivity index (χ3v) is 5.53.